The van der Waals surface area contributed by atoms with Crippen LogP contribution in [0.5, 0.6) is 0 Å². The van der Waals surface area contributed by atoms with Gasteiger partial charge in [0.2, 0.25) is 0 Å². The number of carbonyl (C=O) groups is 1. The molecular formula is C20H17ClN2O2. The first-order valence-corrected chi connectivity index (χ1v) is 8.40. The van der Waals surface area contributed by atoms with E-state index in [1.807, 2.05) is 37.3 Å². The topological polar surface area (TPSA) is 76.9 Å². The third-order valence-corrected chi connectivity index (χ3v) is 4.72. The number of halogens is 1. The Kier molecular flexibility index (Phi) is 4.78. The maximum absolute atomic E-state index is 10.9. The molecule has 2 aromatic carbocycles. The van der Waals surface area contributed by atoms with Crippen LogP contribution in [0.1, 0.15) is 29.5 Å². The fourth-order valence-corrected chi connectivity index (χ4v) is 3.16. The molecule has 25 heavy (non-hydrogen) atoms. The lowest BCUT2D eigenvalue weighted by Crippen LogP contribution is -1.96. The predicted molar refractivity (Wildman–Crippen MR) is 98.8 cm³/mol. The monoisotopic (exact) mass is 352 g/mol. The molecular weight excluding hydrogens is 336 g/mol. The first-order valence-electron chi connectivity index (χ1n) is 8.02. The summed E-state index contributed by atoms with van der Waals surface area (Å²) in [5, 5.41) is 19.8. The average molecular weight is 353 g/mol. The summed E-state index contributed by atoms with van der Waals surface area (Å²) in [4.78, 5) is 14.3. The van der Waals surface area contributed by atoms with Crippen molar-refractivity contribution in [3.8, 4) is 17.3 Å². The lowest BCUT2D eigenvalue weighted by atomic mass is 9.98. The highest BCUT2D eigenvalue weighted by atomic mass is 35.5. The number of aliphatic carboxylic acids is 1. The van der Waals surface area contributed by atoms with Crippen LogP contribution >= 0.6 is 11.6 Å². The van der Waals surface area contributed by atoms with Gasteiger partial charge in [-0.15, -0.1) is 0 Å². The maximum atomic E-state index is 10.9. The molecule has 126 valence electrons. The Morgan fingerprint density at radius 3 is 2.76 bits per heavy atom. The zero-order valence-electron chi connectivity index (χ0n) is 13.8. The maximum Gasteiger partial charge on any atom is 0.303 e. The molecule has 0 amide bonds. The first-order chi connectivity index (χ1) is 12.0. The third kappa shape index (κ3) is 3.52. The normalized spacial score (nSPS) is 10.8. The number of benzene rings is 2. The fourth-order valence-electron chi connectivity index (χ4n) is 3.04. The molecule has 0 aliphatic rings. The second kappa shape index (κ2) is 7.00. The molecule has 5 heteroatoms. The number of nitrogens with one attached hydrogen (secondary N) is 1. The van der Waals surface area contributed by atoms with Gasteiger partial charge < -0.3 is 10.1 Å². The molecule has 4 nitrogen and oxygen atoms in total. The number of carboxylic acids is 1. The molecule has 2 N–H and O–H groups in total. The summed E-state index contributed by atoms with van der Waals surface area (Å²) in [6.45, 7) is 1.95. The Morgan fingerprint density at radius 2 is 2.08 bits per heavy atom. The summed E-state index contributed by atoms with van der Waals surface area (Å²) < 4.78 is 0. The van der Waals surface area contributed by atoms with Crippen molar-refractivity contribution < 1.29 is 9.90 Å². The van der Waals surface area contributed by atoms with Gasteiger partial charge in [0.25, 0.3) is 0 Å². The van der Waals surface area contributed by atoms with E-state index in [4.69, 9.17) is 16.7 Å². The third-order valence-electron chi connectivity index (χ3n) is 4.30. The van der Waals surface area contributed by atoms with E-state index in [-0.39, 0.29) is 6.42 Å². The van der Waals surface area contributed by atoms with Gasteiger partial charge in [-0.1, -0.05) is 17.7 Å². The van der Waals surface area contributed by atoms with E-state index in [2.05, 4.69) is 11.1 Å². The number of nitrogens with zero attached hydrogens (tertiary/aromatic N) is 1. The number of aromatic nitrogens is 1. The van der Waals surface area contributed by atoms with Crippen molar-refractivity contribution in [2.75, 3.05) is 0 Å². The molecule has 0 aliphatic carbocycles. The highest BCUT2D eigenvalue weighted by Crippen LogP contribution is 2.33. The summed E-state index contributed by atoms with van der Waals surface area (Å²) in [6.07, 6.45) is 1.28. The Balaban J connectivity index is 2.13. The number of fused-ring (bicyclic) bond motifs is 1. The number of hydrogen-bond acceptors (Lipinski definition) is 2. The molecule has 0 bridgehead atoms. The molecule has 0 fully saturated rings. The van der Waals surface area contributed by atoms with Crippen LogP contribution in [0.25, 0.3) is 22.2 Å². The quantitative estimate of drug-likeness (QED) is 0.672. The smallest absolute Gasteiger partial charge is 0.303 e. The second-order valence-electron chi connectivity index (χ2n) is 6.06. The standard InChI is InChI=1S/C20H17ClN2O2/c1-12-9-14(6-7-17(12)21)20-15(3-2-4-19(24)25)16-10-13(11-22)5-8-18(16)23-20/h5-10,23H,2-4H2,1H3,(H,24,25). The zero-order chi connectivity index (χ0) is 18.0. The van der Waals surface area contributed by atoms with Crippen LogP contribution in [0.2, 0.25) is 5.02 Å². The van der Waals surface area contributed by atoms with Crippen LogP contribution in [-0.4, -0.2) is 16.1 Å². The van der Waals surface area contributed by atoms with Crippen molar-refractivity contribution in [1.82, 2.24) is 4.98 Å². The van der Waals surface area contributed by atoms with E-state index in [0.29, 0.717) is 23.4 Å². The summed E-state index contributed by atoms with van der Waals surface area (Å²) in [7, 11) is 0. The van der Waals surface area contributed by atoms with Crippen molar-refractivity contribution in [1.29, 1.82) is 5.26 Å². The van der Waals surface area contributed by atoms with Gasteiger partial charge in [-0.05, 0) is 66.8 Å². The van der Waals surface area contributed by atoms with Crippen LogP contribution in [0.3, 0.4) is 0 Å². The molecule has 0 spiro atoms. The first kappa shape index (κ1) is 17.1. The van der Waals surface area contributed by atoms with Crippen LogP contribution < -0.4 is 0 Å². The van der Waals surface area contributed by atoms with Crippen LogP contribution in [0, 0.1) is 18.3 Å². The van der Waals surface area contributed by atoms with E-state index in [9.17, 15) is 10.1 Å². The summed E-state index contributed by atoms with van der Waals surface area (Å²) in [6, 6.07) is 13.5. The van der Waals surface area contributed by atoms with E-state index in [1.165, 1.54) is 0 Å². The molecule has 0 atom stereocenters. The minimum absolute atomic E-state index is 0.115. The van der Waals surface area contributed by atoms with Gasteiger partial charge in [0, 0.05) is 28.0 Å². The molecule has 0 saturated heterocycles. The molecule has 0 radical (unpaired) electrons. The number of aryl methyl sites for hydroxylation is 2. The van der Waals surface area contributed by atoms with Gasteiger partial charge in [-0.2, -0.15) is 5.26 Å². The van der Waals surface area contributed by atoms with E-state index in [0.717, 1.165) is 33.3 Å². The predicted octanol–water partition coefficient (Wildman–Crippen LogP) is 5.08. The van der Waals surface area contributed by atoms with Crippen molar-refractivity contribution in [3.05, 3.63) is 58.1 Å². The van der Waals surface area contributed by atoms with Gasteiger partial charge in [-0.3, -0.25) is 4.79 Å². The van der Waals surface area contributed by atoms with Crippen molar-refractivity contribution in [2.24, 2.45) is 0 Å². The lowest BCUT2D eigenvalue weighted by Gasteiger charge is -2.07. The summed E-state index contributed by atoms with van der Waals surface area (Å²) in [5.74, 6) is -0.804. The van der Waals surface area contributed by atoms with Gasteiger partial charge in [-0.25, -0.2) is 0 Å². The number of aromatic amines is 1. The van der Waals surface area contributed by atoms with Gasteiger partial charge in [0.15, 0.2) is 0 Å². The van der Waals surface area contributed by atoms with Crippen LogP contribution in [-0.2, 0) is 11.2 Å². The fraction of sp³-hybridized carbons (Fsp3) is 0.200. The second-order valence-corrected chi connectivity index (χ2v) is 6.47. The Labute approximate surface area is 150 Å². The van der Waals surface area contributed by atoms with Gasteiger partial charge in [0.05, 0.1) is 11.6 Å². The van der Waals surface area contributed by atoms with E-state index in [1.54, 1.807) is 6.07 Å². The molecule has 0 unspecified atom stereocenters. The molecule has 3 aromatic rings. The van der Waals surface area contributed by atoms with Crippen LogP contribution in [0.4, 0.5) is 0 Å². The molecule has 1 aromatic heterocycles. The highest BCUT2D eigenvalue weighted by Gasteiger charge is 2.15. The average Bonchev–Trinajstić information content (AvgIpc) is 2.95. The number of hydrogen-bond donors (Lipinski definition) is 2. The van der Waals surface area contributed by atoms with Gasteiger partial charge >= 0.3 is 5.97 Å². The SMILES string of the molecule is Cc1cc(-c2[nH]c3ccc(C#N)cc3c2CCCC(=O)O)ccc1Cl. The minimum Gasteiger partial charge on any atom is -0.481 e. The zero-order valence-corrected chi connectivity index (χ0v) is 14.5. The largest absolute Gasteiger partial charge is 0.481 e. The highest BCUT2D eigenvalue weighted by molar-refractivity contribution is 6.31. The molecule has 0 saturated carbocycles. The molecule has 0 aliphatic heterocycles. The minimum atomic E-state index is -0.804. The Bertz CT molecular complexity index is 999. The van der Waals surface area contributed by atoms with E-state index >= 15 is 0 Å². The van der Waals surface area contributed by atoms with Crippen molar-refractivity contribution >= 4 is 28.5 Å². The van der Waals surface area contributed by atoms with E-state index < -0.39 is 5.97 Å². The summed E-state index contributed by atoms with van der Waals surface area (Å²) >= 11 is 6.13. The number of nitriles is 1. The van der Waals surface area contributed by atoms with Crippen molar-refractivity contribution in [3.63, 3.8) is 0 Å². The summed E-state index contributed by atoms with van der Waals surface area (Å²) in [5.41, 5.74) is 5.50. The van der Waals surface area contributed by atoms with Gasteiger partial charge in [0.1, 0.15) is 0 Å². The van der Waals surface area contributed by atoms with Crippen LogP contribution in [0.15, 0.2) is 36.4 Å². The van der Waals surface area contributed by atoms with Crippen molar-refractivity contribution in [2.45, 2.75) is 26.2 Å². The lowest BCUT2D eigenvalue weighted by molar-refractivity contribution is -0.137. The number of H-pyrrole nitrogens is 1. The Hall–Kier alpha value is -2.77. The molecule has 3 rings (SSSR count). The molecule has 1 heterocycles. The number of carboxylic acid groups (broad SMARTS) is 1. The number of rotatable bonds is 5. The Morgan fingerprint density at radius 1 is 1.28 bits per heavy atom.